The quantitative estimate of drug-likeness (QED) is 0.487. The summed E-state index contributed by atoms with van der Waals surface area (Å²) in [5.41, 5.74) is 1.12. The number of nitrogens with zero attached hydrogens (tertiary/aromatic N) is 2. The SMILES string of the molecule is CN=C(NCCSC)NCc1nc(C)c(C)s1. The van der Waals surface area contributed by atoms with Gasteiger partial charge in [0.15, 0.2) is 5.96 Å². The van der Waals surface area contributed by atoms with Crippen molar-refractivity contribution in [2.24, 2.45) is 4.99 Å². The summed E-state index contributed by atoms with van der Waals surface area (Å²) in [6, 6.07) is 0. The van der Waals surface area contributed by atoms with Crippen molar-refractivity contribution in [3.8, 4) is 0 Å². The molecule has 0 radical (unpaired) electrons. The number of rotatable bonds is 5. The number of hydrogen-bond acceptors (Lipinski definition) is 4. The van der Waals surface area contributed by atoms with Crippen LogP contribution in [-0.4, -0.2) is 36.5 Å². The zero-order valence-electron chi connectivity index (χ0n) is 10.8. The zero-order valence-corrected chi connectivity index (χ0v) is 12.5. The molecule has 1 heterocycles. The molecule has 96 valence electrons. The summed E-state index contributed by atoms with van der Waals surface area (Å²) in [6.45, 7) is 5.80. The Bertz CT molecular complexity index is 354. The Kier molecular flexibility index (Phi) is 6.36. The van der Waals surface area contributed by atoms with Crippen molar-refractivity contribution >= 4 is 29.1 Å². The third kappa shape index (κ3) is 4.95. The van der Waals surface area contributed by atoms with Crippen LogP contribution in [0.2, 0.25) is 0 Å². The maximum atomic E-state index is 4.48. The molecule has 0 aliphatic rings. The first kappa shape index (κ1) is 14.3. The van der Waals surface area contributed by atoms with Gasteiger partial charge < -0.3 is 10.6 Å². The molecule has 0 bridgehead atoms. The van der Waals surface area contributed by atoms with Crippen LogP contribution in [0.5, 0.6) is 0 Å². The van der Waals surface area contributed by atoms with Crippen molar-refractivity contribution < 1.29 is 0 Å². The minimum Gasteiger partial charge on any atom is -0.356 e. The molecule has 0 aliphatic heterocycles. The molecule has 2 N–H and O–H groups in total. The molecule has 6 heteroatoms. The molecule has 0 aromatic carbocycles. The third-order valence-corrected chi connectivity index (χ3v) is 3.99. The lowest BCUT2D eigenvalue weighted by molar-refractivity contribution is 0.825. The van der Waals surface area contributed by atoms with Gasteiger partial charge in [-0.1, -0.05) is 0 Å². The first-order chi connectivity index (χ1) is 8.17. The largest absolute Gasteiger partial charge is 0.356 e. The van der Waals surface area contributed by atoms with Crippen molar-refractivity contribution in [3.63, 3.8) is 0 Å². The molecule has 1 aromatic heterocycles. The molecule has 1 aromatic rings. The van der Waals surface area contributed by atoms with Crippen LogP contribution >= 0.6 is 23.1 Å². The fraction of sp³-hybridized carbons (Fsp3) is 0.636. The number of hydrogen-bond donors (Lipinski definition) is 2. The lowest BCUT2D eigenvalue weighted by atomic mass is 10.4. The Morgan fingerprint density at radius 2 is 2.18 bits per heavy atom. The van der Waals surface area contributed by atoms with Crippen LogP contribution < -0.4 is 10.6 Å². The van der Waals surface area contributed by atoms with Gasteiger partial charge in [0.1, 0.15) is 5.01 Å². The fourth-order valence-electron chi connectivity index (χ4n) is 1.27. The number of aliphatic imine (C=N–C) groups is 1. The van der Waals surface area contributed by atoms with Gasteiger partial charge in [0, 0.05) is 24.2 Å². The van der Waals surface area contributed by atoms with Gasteiger partial charge in [0.2, 0.25) is 0 Å². The van der Waals surface area contributed by atoms with Crippen LogP contribution in [0.25, 0.3) is 0 Å². The van der Waals surface area contributed by atoms with Crippen molar-refractivity contribution in [3.05, 3.63) is 15.6 Å². The third-order valence-electron chi connectivity index (χ3n) is 2.30. The fourth-order valence-corrected chi connectivity index (χ4v) is 2.45. The molecule has 4 nitrogen and oxygen atoms in total. The molecule has 0 unspecified atom stereocenters. The monoisotopic (exact) mass is 272 g/mol. The lowest BCUT2D eigenvalue weighted by Crippen LogP contribution is -2.37. The van der Waals surface area contributed by atoms with Crippen LogP contribution in [0.4, 0.5) is 0 Å². The molecule has 0 amide bonds. The molecule has 0 aliphatic carbocycles. The number of aryl methyl sites for hydroxylation is 2. The second kappa shape index (κ2) is 7.55. The molecule has 0 fully saturated rings. The number of guanidine groups is 1. The van der Waals surface area contributed by atoms with Gasteiger partial charge in [-0.25, -0.2) is 4.98 Å². The van der Waals surface area contributed by atoms with Gasteiger partial charge in [-0.15, -0.1) is 11.3 Å². The normalized spacial score (nSPS) is 11.6. The number of thiazole rings is 1. The van der Waals surface area contributed by atoms with Gasteiger partial charge in [-0.05, 0) is 20.1 Å². The van der Waals surface area contributed by atoms with E-state index in [2.05, 4.69) is 33.8 Å². The van der Waals surface area contributed by atoms with Crippen molar-refractivity contribution in [2.45, 2.75) is 20.4 Å². The van der Waals surface area contributed by atoms with E-state index in [0.717, 1.165) is 35.5 Å². The maximum Gasteiger partial charge on any atom is 0.191 e. The zero-order chi connectivity index (χ0) is 12.7. The summed E-state index contributed by atoms with van der Waals surface area (Å²) in [5, 5.41) is 7.62. The molecular formula is C11H20N4S2. The average molecular weight is 272 g/mol. The van der Waals surface area contributed by atoms with Crippen LogP contribution in [0.15, 0.2) is 4.99 Å². The Morgan fingerprint density at radius 3 is 2.71 bits per heavy atom. The van der Waals surface area contributed by atoms with E-state index in [9.17, 15) is 0 Å². The van der Waals surface area contributed by atoms with E-state index in [-0.39, 0.29) is 0 Å². The highest BCUT2D eigenvalue weighted by Crippen LogP contribution is 2.15. The Morgan fingerprint density at radius 1 is 1.41 bits per heavy atom. The Hall–Kier alpha value is -0.750. The second-order valence-electron chi connectivity index (χ2n) is 3.59. The predicted octanol–water partition coefficient (Wildman–Crippen LogP) is 1.79. The average Bonchev–Trinajstić information content (AvgIpc) is 2.63. The molecule has 0 saturated heterocycles. The van der Waals surface area contributed by atoms with E-state index in [4.69, 9.17) is 0 Å². The smallest absolute Gasteiger partial charge is 0.191 e. The minimum atomic E-state index is 0.734. The van der Waals surface area contributed by atoms with Crippen molar-refractivity contribution in [2.75, 3.05) is 25.6 Å². The van der Waals surface area contributed by atoms with E-state index in [0.29, 0.717) is 0 Å². The summed E-state index contributed by atoms with van der Waals surface area (Å²) in [7, 11) is 1.78. The highest BCUT2D eigenvalue weighted by Gasteiger charge is 2.04. The summed E-state index contributed by atoms with van der Waals surface area (Å²) in [4.78, 5) is 9.93. The van der Waals surface area contributed by atoms with Crippen molar-refractivity contribution in [1.29, 1.82) is 0 Å². The summed E-state index contributed by atoms with van der Waals surface area (Å²) >= 11 is 3.55. The Labute approximate surface area is 111 Å². The van der Waals surface area contributed by atoms with Crippen molar-refractivity contribution in [1.82, 2.24) is 15.6 Å². The van der Waals surface area contributed by atoms with Crippen LogP contribution in [-0.2, 0) is 6.54 Å². The number of aromatic nitrogens is 1. The highest BCUT2D eigenvalue weighted by atomic mass is 32.2. The molecule has 1 rings (SSSR count). The van der Waals surface area contributed by atoms with Crippen LogP contribution in [0, 0.1) is 13.8 Å². The molecule has 17 heavy (non-hydrogen) atoms. The standard InChI is InChI=1S/C11H20N4S2/c1-8-9(2)17-10(15-8)7-14-11(12-3)13-5-6-16-4/h5-7H2,1-4H3,(H2,12,13,14). The van der Waals surface area contributed by atoms with E-state index in [1.54, 1.807) is 18.4 Å². The Balaban J connectivity index is 2.37. The molecule has 0 spiro atoms. The van der Waals surface area contributed by atoms with Gasteiger partial charge in [0.25, 0.3) is 0 Å². The molecule has 0 saturated carbocycles. The van der Waals surface area contributed by atoms with E-state index in [1.165, 1.54) is 4.88 Å². The first-order valence-electron chi connectivity index (χ1n) is 5.53. The topological polar surface area (TPSA) is 49.3 Å². The van der Waals surface area contributed by atoms with Gasteiger partial charge >= 0.3 is 0 Å². The summed E-state index contributed by atoms with van der Waals surface area (Å²) < 4.78 is 0. The van der Waals surface area contributed by atoms with Crippen LogP contribution in [0.1, 0.15) is 15.6 Å². The lowest BCUT2D eigenvalue weighted by Gasteiger charge is -2.09. The van der Waals surface area contributed by atoms with Gasteiger partial charge in [-0.2, -0.15) is 11.8 Å². The minimum absolute atomic E-state index is 0.734. The highest BCUT2D eigenvalue weighted by molar-refractivity contribution is 7.98. The number of thioether (sulfide) groups is 1. The van der Waals surface area contributed by atoms with Gasteiger partial charge in [0.05, 0.1) is 12.2 Å². The summed E-state index contributed by atoms with van der Waals surface area (Å²) in [6.07, 6.45) is 2.10. The molecular weight excluding hydrogens is 252 g/mol. The van der Waals surface area contributed by atoms with Gasteiger partial charge in [-0.3, -0.25) is 4.99 Å². The summed E-state index contributed by atoms with van der Waals surface area (Å²) in [5.74, 6) is 1.92. The van der Waals surface area contributed by atoms with E-state index < -0.39 is 0 Å². The number of nitrogens with one attached hydrogen (secondary N) is 2. The van der Waals surface area contributed by atoms with Crippen LogP contribution in [0.3, 0.4) is 0 Å². The predicted molar refractivity (Wildman–Crippen MR) is 78.2 cm³/mol. The second-order valence-corrected chi connectivity index (χ2v) is 5.87. The van der Waals surface area contributed by atoms with E-state index in [1.807, 2.05) is 18.7 Å². The molecule has 0 atom stereocenters. The maximum absolute atomic E-state index is 4.48. The van der Waals surface area contributed by atoms with E-state index >= 15 is 0 Å². The first-order valence-corrected chi connectivity index (χ1v) is 7.74.